The number of nitrogens with zero attached hydrogens (tertiary/aromatic N) is 4. The molecule has 0 radical (unpaired) electrons. The number of pyridine rings is 1. The lowest BCUT2D eigenvalue weighted by Crippen LogP contribution is -2.35. The molecule has 0 unspecified atom stereocenters. The van der Waals surface area contributed by atoms with Crippen LogP contribution < -0.4 is 5.32 Å². The molecule has 0 atom stereocenters. The standard InChI is InChI=1S/C17H21N5O2/c1-3-22(17(24)15-12-19-13(2)9-20-15)8-6-16(23)21-11-14-5-4-7-18-10-14/h4-5,7,9-10,12H,3,6,8,11H2,1-2H3,(H,21,23). The molecular weight excluding hydrogens is 306 g/mol. The second kappa shape index (κ2) is 8.71. The van der Waals surface area contributed by atoms with E-state index in [1.165, 1.54) is 6.20 Å². The number of carbonyl (C=O) groups excluding carboxylic acids is 2. The zero-order valence-electron chi connectivity index (χ0n) is 13.9. The summed E-state index contributed by atoms with van der Waals surface area (Å²) in [6.45, 7) is 4.95. The SMILES string of the molecule is CCN(CCC(=O)NCc1cccnc1)C(=O)c1cnc(C)cn1. The number of amides is 2. The van der Waals surface area contributed by atoms with Gasteiger partial charge < -0.3 is 10.2 Å². The summed E-state index contributed by atoms with van der Waals surface area (Å²) >= 11 is 0. The van der Waals surface area contributed by atoms with E-state index in [9.17, 15) is 9.59 Å². The van der Waals surface area contributed by atoms with Gasteiger partial charge in [-0.25, -0.2) is 4.98 Å². The molecule has 0 bridgehead atoms. The van der Waals surface area contributed by atoms with Crippen LogP contribution in [0.1, 0.15) is 35.1 Å². The van der Waals surface area contributed by atoms with Crippen LogP contribution in [0.3, 0.4) is 0 Å². The highest BCUT2D eigenvalue weighted by Crippen LogP contribution is 2.03. The molecule has 0 aliphatic rings. The Kier molecular flexibility index (Phi) is 6.36. The molecule has 2 amide bonds. The Labute approximate surface area is 141 Å². The minimum absolute atomic E-state index is 0.111. The lowest BCUT2D eigenvalue weighted by Gasteiger charge is -2.20. The van der Waals surface area contributed by atoms with Crippen molar-refractivity contribution in [1.29, 1.82) is 0 Å². The second-order valence-corrected chi connectivity index (χ2v) is 5.32. The largest absolute Gasteiger partial charge is 0.352 e. The van der Waals surface area contributed by atoms with Gasteiger partial charge in [0.05, 0.1) is 11.9 Å². The molecule has 2 aromatic rings. The topological polar surface area (TPSA) is 88.1 Å². The van der Waals surface area contributed by atoms with E-state index in [1.807, 2.05) is 26.0 Å². The summed E-state index contributed by atoms with van der Waals surface area (Å²) in [6.07, 6.45) is 6.64. The summed E-state index contributed by atoms with van der Waals surface area (Å²) in [7, 11) is 0. The average molecular weight is 327 g/mol. The molecule has 0 aliphatic heterocycles. The summed E-state index contributed by atoms with van der Waals surface area (Å²) < 4.78 is 0. The van der Waals surface area contributed by atoms with Crippen molar-refractivity contribution in [3.63, 3.8) is 0 Å². The summed E-state index contributed by atoms with van der Waals surface area (Å²) in [6, 6.07) is 3.72. The van der Waals surface area contributed by atoms with Gasteiger partial charge in [-0.05, 0) is 25.5 Å². The first-order chi connectivity index (χ1) is 11.6. The fourth-order valence-electron chi connectivity index (χ4n) is 2.10. The van der Waals surface area contributed by atoms with Gasteiger partial charge in [0.15, 0.2) is 0 Å². The number of aromatic nitrogens is 3. The quantitative estimate of drug-likeness (QED) is 0.829. The molecule has 126 valence electrons. The smallest absolute Gasteiger partial charge is 0.274 e. The molecule has 0 aromatic carbocycles. The van der Waals surface area contributed by atoms with Crippen molar-refractivity contribution in [1.82, 2.24) is 25.2 Å². The van der Waals surface area contributed by atoms with Crippen LogP contribution in [0.4, 0.5) is 0 Å². The highest BCUT2D eigenvalue weighted by atomic mass is 16.2. The van der Waals surface area contributed by atoms with Crippen molar-refractivity contribution in [3.05, 3.63) is 53.9 Å². The van der Waals surface area contributed by atoms with E-state index in [1.54, 1.807) is 23.5 Å². The predicted molar refractivity (Wildman–Crippen MR) is 89.0 cm³/mol. The first-order valence-corrected chi connectivity index (χ1v) is 7.83. The van der Waals surface area contributed by atoms with Crippen molar-refractivity contribution in [2.75, 3.05) is 13.1 Å². The van der Waals surface area contributed by atoms with E-state index >= 15 is 0 Å². The Balaban J connectivity index is 1.83. The number of carbonyl (C=O) groups is 2. The zero-order valence-corrected chi connectivity index (χ0v) is 13.9. The van der Waals surface area contributed by atoms with Gasteiger partial charge >= 0.3 is 0 Å². The monoisotopic (exact) mass is 327 g/mol. The predicted octanol–water partition coefficient (Wildman–Crippen LogP) is 1.35. The molecule has 7 heteroatoms. The number of hydrogen-bond donors (Lipinski definition) is 1. The van der Waals surface area contributed by atoms with Crippen LogP contribution >= 0.6 is 0 Å². The number of aryl methyl sites for hydroxylation is 1. The zero-order chi connectivity index (χ0) is 17.4. The van der Waals surface area contributed by atoms with Crippen LogP contribution in [0.25, 0.3) is 0 Å². The van der Waals surface area contributed by atoms with E-state index in [-0.39, 0.29) is 18.2 Å². The fourth-order valence-corrected chi connectivity index (χ4v) is 2.10. The molecule has 0 saturated heterocycles. The summed E-state index contributed by atoms with van der Waals surface area (Å²) in [5.74, 6) is -0.329. The van der Waals surface area contributed by atoms with Crippen LogP contribution in [0.5, 0.6) is 0 Å². The number of hydrogen-bond acceptors (Lipinski definition) is 5. The van der Waals surface area contributed by atoms with Gasteiger partial charge in [0, 0.05) is 44.6 Å². The molecule has 0 spiro atoms. The first-order valence-electron chi connectivity index (χ1n) is 7.83. The van der Waals surface area contributed by atoms with Gasteiger partial charge in [-0.2, -0.15) is 0 Å². The van der Waals surface area contributed by atoms with Crippen LogP contribution in [-0.4, -0.2) is 44.8 Å². The lowest BCUT2D eigenvalue weighted by molar-refractivity contribution is -0.121. The van der Waals surface area contributed by atoms with Crippen LogP contribution in [0.2, 0.25) is 0 Å². The summed E-state index contributed by atoms with van der Waals surface area (Å²) in [4.78, 5) is 38.1. The van der Waals surface area contributed by atoms with Gasteiger partial charge in [0.1, 0.15) is 5.69 Å². The Hall–Kier alpha value is -2.83. The van der Waals surface area contributed by atoms with E-state index in [2.05, 4.69) is 20.3 Å². The molecule has 0 fully saturated rings. The Morgan fingerprint density at radius 1 is 1.21 bits per heavy atom. The van der Waals surface area contributed by atoms with Crippen molar-refractivity contribution in [3.8, 4) is 0 Å². The summed E-state index contributed by atoms with van der Waals surface area (Å²) in [5, 5.41) is 2.82. The van der Waals surface area contributed by atoms with Gasteiger partial charge in [-0.15, -0.1) is 0 Å². The third kappa shape index (κ3) is 5.12. The van der Waals surface area contributed by atoms with Crippen molar-refractivity contribution >= 4 is 11.8 Å². The maximum Gasteiger partial charge on any atom is 0.274 e. The van der Waals surface area contributed by atoms with E-state index in [0.717, 1.165) is 11.3 Å². The van der Waals surface area contributed by atoms with Gasteiger partial charge in [0.25, 0.3) is 5.91 Å². The maximum atomic E-state index is 12.4. The molecule has 2 heterocycles. The average Bonchev–Trinajstić information content (AvgIpc) is 2.61. The third-order valence-electron chi connectivity index (χ3n) is 3.49. The Morgan fingerprint density at radius 2 is 2.04 bits per heavy atom. The van der Waals surface area contributed by atoms with Crippen LogP contribution in [0, 0.1) is 6.92 Å². The van der Waals surface area contributed by atoms with Crippen molar-refractivity contribution in [2.45, 2.75) is 26.8 Å². The highest BCUT2D eigenvalue weighted by molar-refractivity contribution is 5.92. The minimum atomic E-state index is -0.218. The van der Waals surface area contributed by atoms with Gasteiger partial charge in [-0.1, -0.05) is 6.07 Å². The normalized spacial score (nSPS) is 10.2. The third-order valence-corrected chi connectivity index (χ3v) is 3.49. The van der Waals surface area contributed by atoms with Gasteiger partial charge in [-0.3, -0.25) is 19.6 Å². The second-order valence-electron chi connectivity index (χ2n) is 5.32. The van der Waals surface area contributed by atoms with Gasteiger partial charge in [0.2, 0.25) is 5.91 Å². The molecule has 1 N–H and O–H groups in total. The molecule has 2 aromatic heterocycles. The van der Waals surface area contributed by atoms with Crippen molar-refractivity contribution in [2.24, 2.45) is 0 Å². The molecular formula is C17H21N5O2. The molecule has 2 rings (SSSR count). The molecule has 24 heavy (non-hydrogen) atoms. The van der Waals surface area contributed by atoms with E-state index in [4.69, 9.17) is 0 Å². The molecule has 7 nitrogen and oxygen atoms in total. The maximum absolute atomic E-state index is 12.4. The van der Waals surface area contributed by atoms with E-state index < -0.39 is 0 Å². The molecule has 0 aliphatic carbocycles. The Bertz CT molecular complexity index is 673. The van der Waals surface area contributed by atoms with Crippen LogP contribution in [0.15, 0.2) is 36.9 Å². The Morgan fingerprint density at radius 3 is 2.67 bits per heavy atom. The number of nitrogens with one attached hydrogen (secondary N) is 1. The first kappa shape index (κ1) is 17.5. The highest BCUT2D eigenvalue weighted by Gasteiger charge is 2.16. The summed E-state index contributed by atoms with van der Waals surface area (Å²) in [5.41, 5.74) is 1.98. The number of rotatable bonds is 7. The molecule has 0 saturated carbocycles. The van der Waals surface area contributed by atoms with Crippen molar-refractivity contribution < 1.29 is 9.59 Å². The minimum Gasteiger partial charge on any atom is -0.352 e. The fraction of sp³-hybridized carbons (Fsp3) is 0.353. The van der Waals surface area contributed by atoms with E-state index in [0.29, 0.717) is 25.3 Å². The van der Waals surface area contributed by atoms with Crippen LogP contribution in [-0.2, 0) is 11.3 Å². The lowest BCUT2D eigenvalue weighted by atomic mass is 10.2.